The average Bonchev–Trinajstić information content (AvgIpc) is 2.59. The van der Waals surface area contributed by atoms with Crippen molar-refractivity contribution in [3.63, 3.8) is 0 Å². The first kappa shape index (κ1) is 13.2. The van der Waals surface area contributed by atoms with Gasteiger partial charge in [0.25, 0.3) is 10.2 Å². The molecule has 0 saturated carbocycles. The molecule has 1 fully saturated rings. The maximum absolute atomic E-state index is 11.3. The van der Waals surface area contributed by atoms with Gasteiger partial charge in [-0.05, 0) is 6.42 Å². The summed E-state index contributed by atoms with van der Waals surface area (Å²) >= 11 is 0. The summed E-state index contributed by atoms with van der Waals surface area (Å²) < 4.78 is 30.9. The normalized spacial score (nSPS) is 16.9. The molecule has 0 bridgehead atoms. The molecule has 16 heavy (non-hydrogen) atoms. The summed E-state index contributed by atoms with van der Waals surface area (Å²) in [6.45, 7) is 1.82. The van der Waals surface area contributed by atoms with Gasteiger partial charge in [-0.3, -0.25) is 0 Å². The van der Waals surface area contributed by atoms with E-state index < -0.39 is 10.2 Å². The monoisotopic (exact) mass is 251 g/mol. The van der Waals surface area contributed by atoms with E-state index in [-0.39, 0.29) is 6.09 Å². The molecule has 0 radical (unpaired) electrons. The van der Waals surface area contributed by atoms with E-state index in [0.717, 1.165) is 4.31 Å². The maximum atomic E-state index is 11.3. The number of cyclic esters (lactones) is 1. The summed E-state index contributed by atoms with van der Waals surface area (Å²) in [7, 11) is -0.442. The Balaban J connectivity index is 2.19. The van der Waals surface area contributed by atoms with Crippen LogP contribution in [-0.4, -0.2) is 64.1 Å². The molecule has 0 aromatic heterocycles. The van der Waals surface area contributed by atoms with Gasteiger partial charge in [-0.25, -0.2) is 9.52 Å². The number of carbonyl (C=O) groups is 1. The molecule has 0 aromatic rings. The minimum absolute atomic E-state index is 0.310. The predicted octanol–water partition coefficient (Wildman–Crippen LogP) is -0.775. The Morgan fingerprint density at radius 3 is 2.69 bits per heavy atom. The van der Waals surface area contributed by atoms with Crippen LogP contribution in [0.3, 0.4) is 0 Å². The smallest absolute Gasteiger partial charge is 0.409 e. The van der Waals surface area contributed by atoms with Crippen LogP contribution in [0.1, 0.15) is 6.42 Å². The van der Waals surface area contributed by atoms with E-state index >= 15 is 0 Å². The van der Waals surface area contributed by atoms with Crippen molar-refractivity contribution in [1.29, 1.82) is 0 Å². The van der Waals surface area contributed by atoms with Crippen molar-refractivity contribution in [2.75, 3.05) is 40.3 Å². The molecule has 1 saturated heterocycles. The summed E-state index contributed by atoms with van der Waals surface area (Å²) in [5.74, 6) is 0. The molecule has 1 heterocycles. The fourth-order valence-electron chi connectivity index (χ4n) is 1.23. The second-order valence-electron chi connectivity index (χ2n) is 3.64. The molecule has 1 rings (SSSR count). The van der Waals surface area contributed by atoms with Crippen LogP contribution in [0.15, 0.2) is 0 Å². The third-order valence-corrected chi connectivity index (χ3v) is 3.75. The highest BCUT2D eigenvalue weighted by molar-refractivity contribution is 7.87. The highest BCUT2D eigenvalue weighted by atomic mass is 32.2. The van der Waals surface area contributed by atoms with E-state index in [9.17, 15) is 13.2 Å². The highest BCUT2D eigenvalue weighted by Crippen LogP contribution is 2.03. The molecule has 1 aliphatic heterocycles. The zero-order valence-corrected chi connectivity index (χ0v) is 10.3. The Morgan fingerprint density at radius 2 is 2.19 bits per heavy atom. The second-order valence-corrected chi connectivity index (χ2v) is 5.61. The molecule has 0 aliphatic carbocycles. The van der Waals surface area contributed by atoms with Crippen molar-refractivity contribution >= 4 is 16.3 Å². The zero-order chi connectivity index (χ0) is 12.2. The molecule has 0 unspecified atom stereocenters. The molecule has 8 heteroatoms. The third kappa shape index (κ3) is 3.62. The van der Waals surface area contributed by atoms with E-state index in [4.69, 9.17) is 4.74 Å². The van der Waals surface area contributed by atoms with E-state index in [0.29, 0.717) is 32.7 Å². The average molecular weight is 251 g/mol. The minimum atomic E-state index is -3.36. The molecule has 94 valence electrons. The van der Waals surface area contributed by atoms with Crippen LogP contribution in [0.4, 0.5) is 4.79 Å². The highest BCUT2D eigenvalue weighted by Gasteiger charge is 2.21. The fourth-order valence-corrected chi connectivity index (χ4v) is 1.89. The van der Waals surface area contributed by atoms with Crippen molar-refractivity contribution in [3.05, 3.63) is 0 Å². The standard InChI is InChI=1S/C8H17N3O4S/c1-10(2)16(13,14)9-4-3-5-11-6-7-15-8(11)12/h9H,3-7H2,1-2H3. The quantitative estimate of drug-likeness (QED) is 0.628. The lowest BCUT2D eigenvalue weighted by Gasteiger charge is -2.14. The molecular formula is C8H17N3O4S. The molecule has 1 N–H and O–H groups in total. The van der Waals surface area contributed by atoms with Gasteiger partial charge < -0.3 is 9.64 Å². The summed E-state index contributed by atoms with van der Waals surface area (Å²) in [6.07, 6.45) is 0.248. The number of carbonyl (C=O) groups excluding carboxylic acids is 1. The molecule has 0 aromatic carbocycles. The van der Waals surface area contributed by atoms with Gasteiger partial charge >= 0.3 is 6.09 Å². The lowest BCUT2D eigenvalue weighted by atomic mass is 10.4. The summed E-state index contributed by atoms with van der Waals surface area (Å²) in [5.41, 5.74) is 0. The molecular weight excluding hydrogens is 234 g/mol. The number of hydrogen-bond acceptors (Lipinski definition) is 4. The van der Waals surface area contributed by atoms with Gasteiger partial charge in [-0.1, -0.05) is 0 Å². The van der Waals surface area contributed by atoms with Crippen LogP contribution in [0, 0.1) is 0 Å². The van der Waals surface area contributed by atoms with Crippen molar-refractivity contribution in [3.8, 4) is 0 Å². The molecule has 7 nitrogen and oxygen atoms in total. The van der Waals surface area contributed by atoms with Crippen molar-refractivity contribution in [2.24, 2.45) is 0 Å². The first-order valence-electron chi connectivity index (χ1n) is 5.02. The second kappa shape index (κ2) is 5.46. The summed E-state index contributed by atoms with van der Waals surface area (Å²) in [6, 6.07) is 0. The lowest BCUT2D eigenvalue weighted by molar-refractivity contribution is 0.158. The number of nitrogens with zero attached hydrogens (tertiary/aromatic N) is 2. The van der Waals surface area contributed by atoms with E-state index in [2.05, 4.69) is 4.72 Å². The zero-order valence-electron chi connectivity index (χ0n) is 9.47. The maximum Gasteiger partial charge on any atom is 0.409 e. The summed E-state index contributed by atoms with van der Waals surface area (Å²) in [5, 5.41) is 0. The van der Waals surface area contributed by atoms with Gasteiger partial charge in [0.05, 0.1) is 6.54 Å². The van der Waals surface area contributed by atoms with Crippen LogP contribution in [0.5, 0.6) is 0 Å². The minimum Gasteiger partial charge on any atom is -0.448 e. The number of amides is 1. The van der Waals surface area contributed by atoms with Gasteiger partial charge in [0.15, 0.2) is 0 Å². The molecule has 1 aliphatic rings. The first-order valence-corrected chi connectivity index (χ1v) is 6.46. The van der Waals surface area contributed by atoms with Gasteiger partial charge in [0.1, 0.15) is 6.61 Å². The topological polar surface area (TPSA) is 79.0 Å². The third-order valence-electron chi connectivity index (χ3n) is 2.21. The van der Waals surface area contributed by atoms with Gasteiger partial charge in [-0.2, -0.15) is 12.7 Å². The molecule has 0 atom stereocenters. The molecule has 1 amide bonds. The fraction of sp³-hybridized carbons (Fsp3) is 0.875. The number of nitrogens with one attached hydrogen (secondary N) is 1. The van der Waals surface area contributed by atoms with Crippen molar-refractivity contribution in [2.45, 2.75) is 6.42 Å². The Morgan fingerprint density at radius 1 is 1.50 bits per heavy atom. The van der Waals surface area contributed by atoms with Crippen molar-refractivity contribution in [1.82, 2.24) is 13.9 Å². The molecule has 0 spiro atoms. The Bertz CT molecular complexity index is 341. The van der Waals surface area contributed by atoms with Crippen LogP contribution in [-0.2, 0) is 14.9 Å². The van der Waals surface area contributed by atoms with Gasteiger partial charge in [-0.15, -0.1) is 0 Å². The van der Waals surface area contributed by atoms with Gasteiger partial charge in [0, 0.05) is 27.2 Å². The largest absolute Gasteiger partial charge is 0.448 e. The Kier molecular flexibility index (Phi) is 4.51. The van der Waals surface area contributed by atoms with E-state index in [1.807, 2.05) is 0 Å². The Labute approximate surface area is 95.5 Å². The van der Waals surface area contributed by atoms with Crippen molar-refractivity contribution < 1.29 is 17.9 Å². The van der Waals surface area contributed by atoms with Crippen LogP contribution < -0.4 is 4.72 Å². The lowest BCUT2D eigenvalue weighted by Crippen LogP contribution is -2.37. The Hall–Kier alpha value is -0.860. The van der Waals surface area contributed by atoms with E-state index in [1.165, 1.54) is 14.1 Å². The van der Waals surface area contributed by atoms with Gasteiger partial charge in [0.2, 0.25) is 0 Å². The van der Waals surface area contributed by atoms with Crippen LogP contribution >= 0.6 is 0 Å². The van der Waals surface area contributed by atoms with Crippen LogP contribution in [0.2, 0.25) is 0 Å². The van der Waals surface area contributed by atoms with Crippen LogP contribution in [0.25, 0.3) is 0 Å². The number of hydrogen-bond donors (Lipinski definition) is 1. The predicted molar refractivity (Wildman–Crippen MR) is 58.1 cm³/mol. The first-order chi connectivity index (χ1) is 7.43. The van der Waals surface area contributed by atoms with E-state index in [1.54, 1.807) is 4.90 Å². The number of rotatable bonds is 6. The number of ether oxygens (including phenoxy) is 1. The SMILES string of the molecule is CN(C)S(=O)(=O)NCCCN1CCOC1=O. The summed E-state index contributed by atoms with van der Waals surface area (Å²) in [4.78, 5) is 12.6.